The van der Waals surface area contributed by atoms with Crippen molar-refractivity contribution < 1.29 is 38.9 Å². The molecule has 11 nitrogen and oxygen atoms in total. The van der Waals surface area contributed by atoms with Crippen LogP contribution in [0.5, 0.6) is 0 Å². The van der Waals surface area contributed by atoms with Crippen LogP contribution in [0.15, 0.2) is 40.9 Å². The number of fused-ring (bicyclic) bond motifs is 5. The molecule has 4 aliphatic carbocycles. The molecule has 4 rings (SSSR count). The maximum Gasteiger partial charge on any atom is 0.246 e. The number of carbonyl (C=O) groups is 4. The quantitative estimate of drug-likeness (QED) is 0.155. The van der Waals surface area contributed by atoms with Gasteiger partial charge in [-0.25, -0.2) is 4.39 Å². The van der Waals surface area contributed by atoms with Gasteiger partial charge in [0.05, 0.1) is 31.4 Å². The zero-order valence-electron chi connectivity index (χ0n) is 25.9. The van der Waals surface area contributed by atoms with Crippen molar-refractivity contribution in [1.29, 1.82) is 0 Å². The number of hydrogen-bond acceptors (Lipinski definition) is 8. The molecule has 6 N–H and O–H groups in total. The van der Waals surface area contributed by atoms with Gasteiger partial charge in [-0.15, -0.1) is 0 Å². The van der Waals surface area contributed by atoms with E-state index in [1.54, 1.807) is 32.9 Å². The number of halogens is 1. The first kappa shape index (κ1) is 33.7. The van der Waals surface area contributed by atoms with Crippen molar-refractivity contribution in [1.82, 2.24) is 16.0 Å². The summed E-state index contributed by atoms with van der Waals surface area (Å²) >= 11 is 0. The number of aliphatic hydroxyl groups excluding tert-OH is 2. The summed E-state index contributed by atoms with van der Waals surface area (Å²) in [7, 11) is 0. The van der Waals surface area contributed by atoms with E-state index >= 15 is 4.39 Å². The predicted octanol–water partition coefficient (Wildman–Crippen LogP) is 0.692. The van der Waals surface area contributed by atoms with Gasteiger partial charge in [0.15, 0.2) is 11.5 Å². The van der Waals surface area contributed by atoms with Gasteiger partial charge in [0.1, 0.15) is 12.2 Å². The van der Waals surface area contributed by atoms with E-state index in [2.05, 4.69) is 27.5 Å². The van der Waals surface area contributed by atoms with Crippen molar-refractivity contribution in [3.63, 3.8) is 0 Å². The van der Waals surface area contributed by atoms with Crippen LogP contribution in [0.2, 0.25) is 0 Å². The second kappa shape index (κ2) is 12.3. The maximum atomic E-state index is 17.5. The second-order valence-corrected chi connectivity index (χ2v) is 13.2. The SMILES string of the molecule is C=C(C)C(=O)NCC(=O)NCC(=O)NCC/N=C1\C=C[C@@]2(C)C(=C1)CC[C@H]1[C@@H]3C[C@@H](C)[C@](O)(C(=O)CO)[C@@]3(C)C[C@H](O)[C@@]12F. The zero-order chi connectivity index (χ0) is 32.7. The van der Waals surface area contributed by atoms with E-state index in [9.17, 15) is 34.5 Å². The Balaban J connectivity index is 1.37. The van der Waals surface area contributed by atoms with E-state index in [0.29, 0.717) is 25.0 Å². The van der Waals surface area contributed by atoms with Crippen LogP contribution in [0.1, 0.15) is 53.4 Å². The zero-order valence-corrected chi connectivity index (χ0v) is 25.9. The molecule has 3 saturated carbocycles. The van der Waals surface area contributed by atoms with Crippen molar-refractivity contribution >= 4 is 29.2 Å². The van der Waals surface area contributed by atoms with Crippen molar-refractivity contribution in [2.45, 2.75) is 70.8 Å². The van der Waals surface area contributed by atoms with Gasteiger partial charge in [-0.1, -0.05) is 32.1 Å². The number of alkyl halides is 1. The number of ketones is 1. The van der Waals surface area contributed by atoms with Crippen LogP contribution in [0.25, 0.3) is 0 Å². The first-order valence-electron chi connectivity index (χ1n) is 15.2. The minimum atomic E-state index is -2.03. The van der Waals surface area contributed by atoms with E-state index in [0.717, 1.165) is 5.57 Å². The number of aliphatic hydroxyl groups is 3. The third-order valence-corrected chi connectivity index (χ3v) is 10.8. The third-order valence-electron chi connectivity index (χ3n) is 10.8. The number of hydrogen-bond donors (Lipinski definition) is 6. The van der Waals surface area contributed by atoms with Crippen LogP contribution >= 0.6 is 0 Å². The predicted molar refractivity (Wildman–Crippen MR) is 161 cm³/mol. The minimum Gasteiger partial charge on any atom is -0.390 e. The second-order valence-electron chi connectivity index (χ2n) is 13.2. The van der Waals surface area contributed by atoms with Gasteiger partial charge in [-0.2, -0.15) is 0 Å². The fraction of sp³-hybridized carbons (Fsp3) is 0.656. The highest BCUT2D eigenvalue weighted by atomic mass is 19.1. The summed E-state index contributed by atoms with van der Waals surface area (Å²) < 4.78 is 17.5. The molecule has 0 radical (unpaired) electrons. The average molecular weight is 617 g/mol. The monoisotopic (exact) mass is 616 g/mol. The molecule has 0 bridgehead atoms. The van der Waals surface area contributed by atoms with Crippen LogP contribution in [0, 0.1) is 28.6 Å². The fourth-order valence-corrected chi connectivity index (χ4v) is 8.37. The standard InChI is InChI=1S/C32H45FN4O7/c1-18(2)28(43)37-16-27(42)36-15-26(41)35-11-10-34-21-8-9-29(4)20(13-21)6-7-22-23-12-19(3)32(44,25(40)17-38)30(23,5)14-24(39)31(22,29)33/h8-9,13,19,22-24,38-39,44H,1,6-7,10-12,14-17H2,2-5H3,(H,35,41)(H,36,42)(H,37,43)/b34-21+/t19-,22+,23+,24+,29+,30+,31+,32+/m1/s1. The number of rotatable bonds is 10. The molecule has 44 heavy (non-hydrogen) atoms. The van der Waals surface area contributed by atoms with Crippen molar-refractivity contribution in [3.8, 4) is 0 Å². The van der Waals surface area contributed by atoms with Crippen LogP contribution in [0.4, 0.5) is 4.39 Å². The van der Waals surface area contributed by atoms with Crippen molar-refractivity contribution in [2.24, 2.45) is 33.6 Å². The smallest absolute Gasteiger partial charge is 0.246 e. The summed E-state index contributed by atoms with van der Waals surface area (Å²) in [6.07, 6.45) is 5.19. The summed E-state index contributed by atoms with van der Waals surface area (Å²) in [6.45, 7) is 9.41. The van der Waals surface area contributed by atoms with Crippen molar-refractivity contribution in [2.75, 3.05) is 32.8 Å². The van der Waals surface area contributed by atoms with Gasteiger partial charge < -0.3 is 31.3 Å². The lowest BCUT2D eigenvalue weighted by Crippen LogP contribution is -2.69. The number of nitrogens with zero attached hydrogens (tertiary/aromatic N) is 1. The Kier molecular flexibility index (Phi) is 9.40. The number of Topliss-reactive ketones (excluding diaryl/α,β-unsaturated/α-hetero) is 1. The van der Waals surface area contributed by atoms with Gasteiger partial charge in [-0.05, 0) is 63.5 Å². The Morgan fingerprint density at radius 3 is 2.43 bits per heavy atom. The van der Waals surface area contributed by atoms with E-state index in [1.165, 1.54) is 6.92 Å². The molecule has 0 aromatic rings. The molecule has 8 atom stereocenters. The summed E-state index contributed by atoms with van der Waals surface area (Å²) in [5, 5.41) is 40.1. The number of amides is 3. The molecule has 3 fully saturated rings. The molecule has 4 aliphatic rings. The molecule has 0 aromatic carbocycles. The first-order chi connectivity index (χ1) is 20.6. The maximum absolute atomic E-state index is 17.5. The third kappa shape index (κ3) is 5.34. The Morgan fingerprint density at radius 2 is 1.77 bits per heavy atom. The highest BCUT2D eigenvalue weighted by molar-refractivity contribution is 6.06. The molecule has 0 unspecified atom stereocenters. The lowest BCUT2D eigenvalue weighted by molar-refractivity contribution is -0.219. The fourth-order valence-electron chi connectivity index (χ4n) is 8.37. The summed E-state index contributed by atoms with van der Waals surface area (Å²) in [5.41, 5.74) is -4.35. The Hall–Kier alpha value is -3.22. The largest absolute Gasteiger partial charge is 0.390 e. The highest BCUT2D eigenvalue weighted by Gasteiger charge is 2.75. The molecule has 3 amide bonds. The molecular formula is C32H45FN4O7. The molecule has 0 spiro atoms. The summed E-state index contributed by atoms with van der Waals surface area (Å²) in [6, 6.07) is 0. The lowest BCUT2D eigenvalue weighted by atomic mass is 9.44. The Bertz CT molecular complexity index is 1330. The van der Waals surface area contributed by atoms with Gasteiger partial charge >= 0.3 is 0 Å². The number of carbonyl (C=O) groups excluding carboxylic acids is 4. The van der Waals surface area contributed by atoms with E-state index in [4.69, 9.17) is 0 Å². The van der Waals surface area contributed by atoms with Crippen LogP contribution < -0.4 is 16.0 Å². The normalized spacial score (nSPS) is 38.1. The minimum absolute atomic E-state index is 0.0990. The molecule has 12 heteroatoms. The average Bonchev–Trinajstić information content (AvgIpc) is 3.18. The molecule has 0 aromatic heterocycles. The first-order valence-corrected chi connectivity index (χ1v) is 15.2. The van der Waals surface area contributed by atoms with Crippen LogP contribution in [0.3, 0.4) is 0 Å². The van der Waals surface area contributed by atoms with E-state index in [1.807, 2.05) is 6.08 Å². The van der Waals surface area contributed by atoms with Gasteiger partial charge in [0.2, 0.25) is 17.7 Å². The lowest BCUT2D eigenvalue weighted by Gasteiger charge is -2.62. The van der Waals surface area contributed by atoms with E-state index in [-0.39, 0.29) is 44.1 Å². The molecule has 0 saturated heterocycles. The molecule has 0 heterocycles. The molecular weight excluding hydrogens is 571 g/mol. The van der Waals surface area contributed by atoms with Crippen LogP contribution in [-0.4, -0.2) is 94.7 Å². The number of allylic oxidation sites excluding steroid dienone is 4. The molecule has 242 valence electrons. The van der Waals surface area contributed by atoms with Crippen molar-refractivity contribution in [3.05, 3.63) is 36.0 Å². The Morgan fingerprint density at radius 1 is 1.11 bits per heavy atom. The number of nitrogens with one attached hydrogen (secondary N) is 3. The van der Waals surface area contributed by atoms with Gasteiger partial charge in [-0.3, -0.25) is 24.2 Å². The van der Waals surface area contributed by atoms with E-state index < -0.39 is 70.2 Å². The van der Waals surface area contributed by atoms with Gasteiger partial charge in [0.25, 0.3) is 0 Å². The van der Waals surface area contributed by atoms with Crippen LogP contribution in [-0.2, 0) is 19.2 Å². The molecule has 0 aliphatic heterocycles. The summed E-state index contributed by atoms with van der Waals surface area (Å²) in [4.78, 5) is 52.6. The Labute approximate surface area is 257 Å². The van der Waals surface area contributed by atoms with Gasteiger partial charge in [0, 0.05) is 28.9 Å². The number of aliphatic imine (C=N–C) groups is 1. The highest BCUT2D eigenvalue weighted by Crippen LogP contribution is 2.70. The summed E-state index contributed by atoms with van der Waals surface area (Å²) in [5.74, 6) is -3.49. The topological polar surface area (TPSA) is 177 Å².